The van der Waals surface area contributed by atoms with Gasteiger partial charge in [0.2, 0.25) is 0 Å². The average molecular weight is 404 g/mol. The van der Waals surface area contributed by atoms with Gasteiger partial charge in [0.25, 0.3) is 10.0 Å². The van der Waals surface area contributed by atoms with Gasteiger partial charge in [0.05, 0.1) is 10.5 Å². The van der Waals surface area contributed by atoms with Gasteiger partial charge in [0.15, 0.2) is 12.4 Å². The molecule has 0 aromatic heterocycles. The van der Waals surface area contributed by atoms with Crippen LogP contribution in [0.4, 0.5) is 5.69 Å². The van der Waals surface area contributed by atoms with Crippen molar-refractivity contribution in [3.63, 3.8) is 0 Å². The van der Waals surface area contributed by atoms with Gasteiger partial charge in [-0.05, 0) is 43.7 Å². The van der Waals surface area contributed by atoms with Gasteiger partial charge in [-0.1, -0.05) is 44.5 Å². The Hall–Kier alpha value is -2.67. The van der Waals surface area contributed by atoms with Crippen molar-refractivity contribution in [3.05, 3.63) is 59.2 Å². The first-order valence-electron chi connectivity index (χ1n) is 8.81. The number of benzene rings is 2. The Morgan fingerprint density at radius 3 is 2.18 bits per heavy atom. The highest BCUT2D eigenvalue weighted by Gasteiger charge is 2.24. The van der Waals surface area contributed by atoms with Gasteiger partial charge < -0.3 is 4.74 Å². The minimum Gasteiger partial charge on any atom is -0.454 e. The molecule has 150 valence electrons. The quantitative estimate of drug-likeness (QED) is 0.740. The number of ketones is 1. The minimum atomic E-state index is -3.88. The number of Topliss-reactive ketones (excluding diaryl/α,β-unsaturated/α-hetero) is 1. The van der Waals surface area contributed by atoms with Gasteiger partial charge in [-0.2, -0.15) is 0 Å². The molecule has 0 fully saturated rings. The molecule has 0 amide bonds. The van der Waals surface area contributed by atoms with E-state index in [4.69, 9.17) is 4.74 Å². The van der Waals surface area contributed by atoms with Crippen LogP contribution in [0.3, 0.4) is 0 Å². The number of anilines is 1. The number of rotatable bonds is 6. The Morgan fingerprint density at radius 1 is 1.00 bits per heavy atom. The number of aryl methyl sites for hydroxylation is 2. The van der Waals surface area contributed by atoms with Crippen LogP contribution in [0.5, 0.6) is 0 Å². The molecule has 0 saturated heterocycles. The number of carbonyl (C=O) groups is 2. The number of hydrogen-bond donors (Lipinski definition) is 1. The number of sulfonamides is 1. The van der Waals surface area contributed by atoms with Crippen molar-refractivity contribution in [2.75, 3.05) is 11.3 Å². The highest BCUT2D eigenvalue weighted by Crippen LogP contribution is 2.21. The molecular formula is C21H25NO5S. The summed E-state index contributed by atoms with van der Waals surface area (Å²) >= 11 is 0. The lowest BCUT2D eigenvalue weighted by atomic mass is 9.91. The maximum Gasteiger partial charge on any atom is 0.338 e. The van der Waals surface area contributed by atoms with E-state index < -0.39 is 21.4 Å². The lowest BCUT2D eigenvalue weighted by Crippen LogP contribution is -2.26. The maximum atomic E-state index is 12.7. The van der Waals surface area contributed by atoms with Crippen molar-refractivity contribution in [2.45, 2.75) is 39.5 Å². The summed E-state index contributed by atoms with van der Waals surface area (Å²) in [5, 5.41) is 0. The molecule has 0 unspecified atom stereocenters. The molecule has 2 aromatic rings. The average Bonchev–Trinajstić information content (AvgIpc) is 2.60. The molecule has 0 saturated carbocycles. The zero-order chi connectivity index (χ0) is 21.1. The molecule has 0 heterocycles. The minimum absolute atomic E-state index is 0.0622. The van der Waals surface area contributed by atoms with Crippen molar-refractivity contribution in [3.8, 4) is 0 Å². The van der Waals surface area contributed by atoms with Crippen LogP contribution in [0.25, 0.3) is 0 Å². The molecule has 7 heteroatoms. The van der Waals surface area contributed by atoms with E-state index in [9.17, 15) is 18.0 Å². The number of carbonyl (C=O) groups excluding carboxylic acids is 2. The Balaban J connectivity index is 2.22. The van der Waals surface area contributed by atoms with Crippen LogP contribution in [-0.2, 0) is 19.6 Å². The number of esters is 1. The van der Waals surface area contributed by atoms with E-state index in [0.29, 0.717) is 11.3 Å². The normalized spacial score (nSPS) is 11.8. The molecule has 6 nitrogen and oxygen atoms in total. The van der Waals surface area contributed by atoms with Gasteiger partial charge in [0, 0.05) is 11.1 Å². The Bertz CT molecular complexity index is 986. The van der Waals surface area contributed by atoms with Crippen LogP contribution in [0.15, 0.2) is 47.4 Å². The zero-order valence-electron chi connectivity index (χ0n) is 16.7. The number of ether oxygens (including phenoxy) is 1. The summed E-state index contributed by atoms with van der Waals surface area (Å²) in [5.41, 5.74) is 1.47. The van der Waals surface area contributed by atoms with Crippen molar-refractivity contribution in [2.24, 2.45) is 5.41 Å². The van der Waals surface area contributed by atoms with Gasteiger partial charge in [0.1, 0.15) is 0 Å². The van der Waals surface area contributed by atoms with Crippen LogP contribution in [0.1, 0.15) is 42.3 Å². The zero-order valence-corrected chi connectivity index (χ0v) is 17.5. The summed E-state index contributed by atoms with van der Waals surface area (Å²) in [4.78, 5) is 24.3. The van der Waals surface area contributed by atoms with Gasteiger partial charge in [-0.3, -0.25) is 9.52 Å². The van der Waals surface area contributed by atoms with Crippen molar-refractivity contribution >= 4 is 27.5 Å². The van der Waals surface area contributed by atoms with E-state index in [0.717, 1.165) is 5.56 Å². The van der Waals surface area contributed by atoms with E-state index >= 15 is 0 Å². The van der Waals surface area contributed by atoms with Crippen LogP contribution < -0.4 is 4.72 Å². The molecular weight excluding hydrogens is 378 g/mol. The molecule has 28 heavy (non-hydrogen) atoms. The summed E-state index contributed by atoms with van der Waals surface area (Å²) in [6.45, 7) is 8.42. The highest BCUT2D eigenvalue weighted by molar-refractivity contribution is 7.92. The van der Waals surface area contributed by atoms with Crippen molar-refractivity contribution in [1.82, 2.24) is 0 Å². The fourth-order valence-electron chi connectivity index (χ4n) is 2.25. The third-order valence-electron chi connectivity index (χ3n) is 4.21. The molecule has 0 aliphatic carbocycles. The molecule has 0 radical (unpaired) electrons. The van der Waals surface area contributed by atoms with Crippen molar-refractivity contribution in [1.29, 1.82) is 0 Å². The predicted molar refractivity (Wildman–Crippen MR) is 108 cm³/mol. The second-order valence-corrected chi connectivity index (χ2v) is 9.38. The van der Waals surface area contributed by atoms with E-state index in [1.165, 1.54) is 18.2 Å². The molecule has 0 spiro atoms. The molecule has 1 N–H and O–H groups in total. The first-order valence-corrected chi connectivity index (χ1v) is 10.3. The van der Waals surface area contributed by atoms with Gasteiger partial charge >= 0.3 is 5.97 Å². The first kappa shape index (κ1) is 21.6. The molecule has 2 aromatic carbocycles. The fourth-order valence-corrected chi connectivity index (χ4v) is 3.33. The van der Waals surface area contributed by atoms with E-state index in [1.54, 1.807) is 52.0 Å². The number of hydrogen-bond acceptors (Lipinski definition) is 5. The monoisotopic (exact) mass is 403 g/mol. The summed E-state index contributed by atoms with van der Waals surface area (Å²) in [6, 6.07) is 11.1. The summed E-state index contributed by atoms with van der Waals surface area (Å²) < 4.78 is 32.9. The lowest BCUT2D eigenvalue weighted by molar-refractivity contribution is -0.129. The van der Waals surface area contributed by atoms with Crippen LogP contribution in [0.2, 0.25) is 0 Å². The van der Waals surface area contributed by atoms with E-state index in [1.807, 2.05) is 6.92 Å². The molecule has 2 rings (SSSR count). The summed E-state index contributed by atoms with van der Waals surface area (Å²) in [6.07, 6.45) is 0. The molecule has 0 aliphatic rings. The lowest BCUT2D eigenvalue weighted by Gasteiger charge is -2.16. The first-order chi connectivity index (χ1) is 12.9. The summed E-state index contributed by atoms with van der Waals surface area (Å²) in [5.74, 6) is -0.953. The second-order valence-electron chi connectivity index (χ2n) is 7.70. The third-order valence-corrected chi connectivity index (χ3v) is 5.59. The van der Waals surface area contributed by atoms with E-state index in [2.05, 4.69) is 4.72 Å². The predicted octanol–water partition coefficient (Wildman–Crippen LogP) is 3.88. The van der Waals surface area contributed by atoms with Crippen LogP contribution in [0, 0.1) is 19.3 Å². The number of nitrogens with one attached hydrogen (secondary N) is 1. The summed E-state index contributed by atoms with van der Waals surface area (Å²) in [7, 11) is -3.88. The van der Waals surface area contributed by atoms with Crippen LogP contribution in [-0.4, -0.2) is 26.8 Å². The van der Waals surface area contributed by atoms with E-state index in [-0.39, 0.29) is 22.8 Å². The van der Waals surface area contributed by atoms with Gasteiger partial charge in [-0.25, -0.2) is 13.2 Å². The Kier molecular flexibility index (Phi) is 6.29. The standard InChI is InChI=1S/C21H25NO5S/c1-14-6-9-16(10-7-14)22-28(25,26)17-11-8-15(2)18(12-17)20(24)27-13-19(23)21(3,4)5/h6-12,22H,13H2,1-5H3. The maximum absolute atomic E-state index is 12.7. The van der Waals surface area contributed by atoms with Crippen LogP contribution >= 0.6 is 0 Å². The molecule has 0 aliphatic heterocycles. The SMILES string of the molecule is Cc1ccc(NS(=O)(=O)c2ccc(C)c(C(=O)OCC(=O)C(C)(C)C)c2)cc1. The third kappa shape index (κ3) is 5.42. The molecule has 0 atom stereocenters. The second kappa shape index (κ2) is 8.14. The Labute approximate surface area is 166 Å². The largest absolute Gasteiger partial charge is 0.454 e. The highest BCUT2D eigenvalue weighted by atomic mass is 32.2. The van der Waals surface area contributed by atoms with Gasteiger partial charge in [-0.15, -0.1) is 0 Å². The Morgan fingerprint density at radius 2 is 1.61 bits per heavy atom. The topological polar surface area (TPSA) is 89.5 Å². The smallest absolute Gasteiger partial charge is 0.338 e. The fraction of sp³-hybridized carbons (Fsp3) is 0.333. The van der Waals surface area contributed by atoms with Crippen molar-refractivity contribution < 1.29 is 22.7 Å². The molecule has 0 bridgehead atoms.